The first kappa shape index (κ1) is 79.6. The highest BCUT2D eigenvalue weighted by atomic mass is 16.6. The predicted molar refractivity (Wildman–Crippen MR) is 362 cm³/mol. The smallest absolute Gasteiger partial charge is 0.306 e. The normalized spacial score (nSPS) is 12.6. The van der Waals surface area contributed by atoms with Crippen molar-refractivity contribution >= 4 is 17.9 Å². The predicted octanol–water partition coefficient (Wildman–Crippen LogP) is 25.0. The van der Waals surface area contributed by atoms with E-state index in [0.29, 0.717) is 19.3 Å². The third-order valence-electron chi connectivity index (χ3n) is 15.9. The van der Waals surface area contributed by atoms with Gasteiger partial charge in [-0.1, -0.05) is 343 Å². The van der Waals surface area contributed by atoms with Gasteiger partial charge in [0.1, 0.15) is 13.2 Å². The van der Waals surface area contributed by atoms with Gasteiger partial charge in [0.15, 0.2) is 6.10 Å². The second kappa shape index (κ2) is 71.1. The zero-order valence-electron chi connectivity index (χ0n) is 55.2. The molecular weight excluding hydrogens is 1020 g/mol. The number of hydrogen-bond acceptors (Lipinski definition) is 6. The summed E-state index contributed by atoms with van der Waals surface area (Å²) in [6, 6.07) is 0. The Morgan fingerprint density at radius 2 is 0.470 bits per heavy atom. The Balaban J connectivity index is 4.10. The first-order valence-corrected chi connectivity index (χ1v) is 36.1. The minimum Gasteiger partial charge on any atom is -0.462 e. The molecule has 0 aromatic carbocycles. The van der Waals surface area contributed by atoms with Crippen molar-refractivity contribution in [3.05, 3.63) is 85.1 Å². The van der Waals surface area contributed by atoms with Gasteiger partial charge in [-0.25, -0.2) is 0 Å². The zero-order chi connectivity index (χ0) is 59.9. The van der Waals surface area contributed by atoms with E-state index in [1.807, 2.05) is 0 Å². The van der Waals surface area contributed by atoms with Crippen LogP contribution in [-0.2, 0) is 28.6 Å². The standard InChI is InChI=1S/C77H136O6/c1-4-7-10-13-16-19-22-25-27-29-30-31-32-33-34-35-36-37-38-39-40-41-42-43-44-45-46-48-49-52-55-58-61-64-67-70-76(79)82-73-74(72-81-75(78)69-66-63-60-57-54-51-24-21-18-15-12-9-6-3)83-77(80)71-68-65-62-59-56-53-50-47-28-26-23-20-17-14-11-8-5-2/h7-8,10-11,16-17,19-20,25-28,30-31,74H,4-6,9,12-15,18,21-24,29,32-73H2,1-3H3/b10-7-,11-8-,19-16-,20-17-,27-25-,28-26-,31-30-. The van der Waals surface area contributed by atoms with Gasteiger partial charge in [0.2, 0.25) is 0 Å². The molecule has 0 amide bonds. The molecule has 0 N–H and O–H groups in total. The van der Waals surface area contributed by atoms with Crippen LogP contribution in [0.4, 0.5) is 0 Å². The van der Waals surface area contributed by atoms with Gasteiger partial charge in [0.05, 0.1) is 0 Å². The van der Waals surface area contributed by atoms with Crippen molar-refractivity contribution < 1.29 is 28.6 Å². The maximum absolute atomic E-state index is 12.9. The molecule has 0 aliphatic rings. The van der Waals surface area contributed by atoms with Crippen LogP contribution in [0.5, 0.6) is 0 Å². The monoisotopic (exact) mass is 1160 g/mol. The van der Waals surface area contributed by atoms with E-state index in [1.54, 1.807) is 0 Å². The average Bonchev–Trinajstić information content (AvgIpc) is 3.49. The van der Waals surface area contributed by atoms with Crippen LogP contribution in [0.15, 0.2) is 85.1 Å². The third kappa shape index (κ3) is 69.3. The first-order chi connectivity index (χ1) is 41.0. The Bertz CT molecular complexity index is 1570. The quantitative estimate of drug-likeness (QED) is 0.0261. The van der Waals surface area contributed by atoms with Crippen molar-refractivity contribution in [2.45, 2.75) is 374 Å². The summed E-state index contributed by atoms with van der Waals surface area (Å²) in [5, 5.41) is 0. The van der Waals surface area contributed by atoms with E-state index in [2.05, 4.69) is 106 Å². The van der Waals surface area contributed by atoms with Gasteiger partial charge in [-0.15, -0.1) is 0 Å². The number of allylic oxidation sites excluding steroid dienone is 14. The van der Waals surface area contributed by atoms with E-state index in [1.165, 1.54) is 218 Å². The lowest BCUT2D eigenvalue weighted by atomic mass is 10.0. The molecule has 1 atom stereocenters. The molecule has 0 radical (unpaired) electrons. The highest BCUT2D eigenvalue weighted by Crippen LogP contribution is 2.18. The largest absolute Gasteiger partial charge is 0.462 e. The maximum Gasteiger partial charge on any atom is 0.306 e. The van der Waals surface area contributed by atoms with Crippen LogP contribution >= 0.6 is 0 Å². The summed E-state index contributed by atoms with van der Waals surface area (Å²) in [5.41, 5.74) is 0. The molecule has 83 heavy (non-hydrogen) atoms. The van der Waals surface area contributed by atoms with Crippen molar-refractivity contribution in [3.63, 3.8) is 0 Å². The van der Waals surface area contributed by atoms with Crippen molar-refractivity contribution in [1.82, 2.24) is 0 Å². The van der Waals surface area contributed by atoms with Gasteiger partial charge in [0.25, 0.3) is 0 Å². The fraction of sp³-hybridized carbons (Fsp3) is 0.779. The van der Waals surface area contributed by atoms with Gasteiger partial charge >= 0.3 is 17.9 Å². The number of rotatable bonds is 66. The summed E-state index contributed by atoms with van der Waals surface area (Å²) in [4.78, 5) is 38.4. The van der Waals surface area contributed by atoms with Crippen LogP contribution in [0.25, 0.3) is 0 Å². The molecule has 0 heterocycles. The Labute approximate surface area is 515 Å². The lowest BCUT2D eigenvalue weighted by Crippen LogP contribution is -2.30. The summed E-state index contributed by atoms with van der Waals surface area (Å²) in [6.45, 7) is 6.46. The number of ether oxygens (including phenoxy) is 3. The first-order valence-electron chi connectivity index (χ1n) is 36.1. The van der Waals surface area contributed by atoms with Gasteiger partial charge in [-0.2, -0.15) is 0 Å². The minimum absolute atomic E-state index is 0.0742. The maximum atomic E-state index is 12.9. The van der Waals surface area contributed by atoms with E-state index >= 15 is 0 Å². The highest BCUT2D eigenvalue weighted by Gasteiger charge is 2.19. The second-order valence-electron chi connectivity index (χ2n) is 24.1. The highest BCUT2D eigenvalue weighted by molar-refractivity contribution is 5.71. The summed E-state index contributed by atoms with van der Waals surface area (Å²) in [7, 11) is 0. The Morgan fingerprint density at radius 3 is 0.735 bits per heavy atom. The Kier molecular flexibility index (Phi) is 68.2. The topological polar surface area (TPSA) is 78.9 Å². The number of unbranched alkanes of at least 4 members (excludes halogenated alkanes) is 41. The fourth-order valence-corrected chi connectivity index (χ4v) is 10.6. The number of esters is 3. The van der Waals surface area contributed by atoms with Crippen LogP contribution in [0.3, 0.4) is 0 Å². The zero-order valence-corrected chi connectivity index (χ0v) is 55.2. The number of carbonyl (C=O) groups is 3. The van der Waals surface area contributed by atoms with Crippen LogP contribution in [0.1, 0.15) is 367 Å². The molecule has 0 aromatic rings. The van der Waals surface area contributed by atoms with Gasteiger partial charge in [0, 0.05) is 19.3 Å². The molecule has 0 aliphatic carbocycles. The molecule has 0 aromatic heterocycles. The molecule has 480 valence electrons. The molecule has 0 rings (SSSR count). The Hall–Kier alpha value is -3.41. The summed E-state index contributed by atoms with van der Waals surface area (Å²) < 4.78 is 17.0. The lowest BCUT2D eigenvalue weighted by molar-refractivity contribution is -0.167. The summed E-state index contributed by atoms with van der Waals surface area (Å²) in [5.74, 6) is -0.862. The molecule has 0 fully saturated rings. The van der Waals surface area contributed by atoms with Crippen molar-refractivity contribution in [1.29, 1.82) is 0 Å². The molecule has 6 heteroatoms. The van der Waals surface area contributed by atoms with Crippen LogP contribution in [-0.4, -0.2) is 37.2 Å². The van der Waals surface area contributed by atoms with Crippen LogP contribution in [0.2, 0.25) is 0 Å². The molecule has 0 saturated heterocycles. The van der Waals surface area contributed by atoms with Crippen LogP contribution in [0, 0.1) is 0 Å². The van der Waals surface area contributed by atoms with Crippen molar-refractivity contribution in [2.24, 2.45) is 0 Å². The SMILES string of the molecule is CC/C=C\C/C=C\C/C=C\C/C=C\CCCCCCCCCCCCCCCCCCCCCCCCC(=O)OCC(COC(=O)CCCCCCCCCCCCCCC)OC(=O)CCCCCCCCC/C=C\C/C=C\C/C=C\CC. The molecule has 6 nitrogen and oxygen atoms in total. The van der Waals surface area contributed by atoms with Gasteiger partial charge in [-0.3, -0.25) is 14.4 Å². The number of carbonyl (C=O) groups excluding carboxylic acids is 3. The number of hydrogen-bond donors (Lipinski definition) is 0. The van der Waals surface area contributed by atoms with E-state index in [9.17, 15) is 14.4 Å². The average molecular weight is 1160 g/mol. The van der Waals surface area contributed by atoms with E-state index in [4.69, 9.17) is 14.2 Å². The minimum atomic E-state index is -0.779. The van der Waals surface area contributed by atoms with Gasteiger partial charge in [-0.05, 0) is 89.9 Å². The lowest BCUT2D eigenvalue weighted by Gasteiger charge is -2.18. The molecule has 0 saturated carbocycles. The van der Waals surface area contributed by atoms with Crippen molar-refractivity contribution in [2.75, 3.05) is 13.2 Å². The summed E-state index contributed by atoms with van der Waals surface area (Å²) >= 11 is 0. The summed E-state index contributed by atoms with van der Waals surface area (Å²) in [6.07, 6.45) is 94.9. The molecule has 0 aliphatic heterocycles. The molecule has 0 spiro atoms. The molecular formula is C77H136O6. The van der Waals surface area contributed by atoms with Crippen molar-refractivity contribution in [3.8, 4) is 0 Å². The second-order valence-corrected chi connectivity index (χ2v) is 24.1. The van der Waals surface area contributed by atoms with E-state index < -0.39 is 6.10 Å². The van der Waals surface area contributed by atoms with E-state index in [-0.39, 0.29) is 31.1 Å². The Morgan fingerprint density at radius 1 is 0.253 bits per heavy atom. The van der Waals surface area contributed by atoms with Crippen LogP contribution < -0.4 is 0 Å². The molecule has 1 unspecified atom stereocenters. The molecule has 0 bridgehead atoms. The van der Waals surface area contributed by atoms with E-state index in [0.717, 1.165) is 109 Å². The van der Waals surface area contributed by atoms with Gasteiger partial charge < -0.3 is 14.2 Å². The fourth-order valence-electron chi connectivity index (χ4n) is 10.6. The third-order valence-corrected chi connectivity index (χ3v) is 15.9.